The third-order valence-electron chi connectivity index (χ3n) is 6.21. The number of nitrogens with zero attached hydrogens (tertiary/aromatic N) is 1. The minimum Gasteiger partial charge on any atom is -0.495 e. The Morgan fingerprint density at radius 3 is 2.77 bits per heavy atom. The van der Waals surface area contributed by atoms with Crippen LogP contribution >= 0.6 is 0 Å². The smallest absolute Gasteiger partial charge is 0.220 e. The van der Waals surface area contributed by atoms with E-state index in [2.05, 4.69) is 22.3 Å². The Bertz CT molecular complexity index is 924. The summed E-state index contributed by atoms with van der Waals surface area (Å²) in [6, 6.07) is 14.1. The van der Waals surface area contributed by atoms with Gasteiger partial charge in [-0.05, 0) is 61.4 Å². The highest BCUT2D eigenvalue weighted by atomic mass is 16.5. The van der Waals surface area contributed by atoms with Gasteiger partial charge in [0.05, 0.1) is 12.8 Å². The molecule has 0 bridgehead atoms. The average molecular weight is 407 g/mol. The molecule has 1 atom stereocenters. The zero-order valence-electron chi connectivity index (χ0n) is 17.7. The third-order valence-corrected chi connectivity index (χ3v) is 6.21. The van der Waals surface area contributed by atoms with Crippen LogP contribution < -0.4 is 15.0 Å². The van der Waals surface area contributed by atoms with Crippen molar-refractivity contribution in [2.45, 2.75) is 51.0 Å². The molecular weight excluding hydrogens is 376 g/mol. The van der Waals surface area contributed by atoms with Crippen LogP contribution in [-0.4, -0.2) is 37.9 Å². The van der Waals surface area contributed by atoms with E-state index < -0.39 is 0 Å². The molecule has 2 aromatic carbocycles. The molecule has 0 aromatic heterocycles. The van der Waals surface area contributed by atoms with Crippen LogP contribution in [0.4, 0.5) is 5.69 Å². The highest BCUT2D eigenvalue weighted by molar-refractivity contribution is 5.98. The normalized spacial score (nSPS) is 18.0. The second-order valence-electron chi connectivity index (χ2n) is 8.28. The molecule has 1 fully saturated rings. The third kappa shape index (κ3) is 4.66. The van der Waals surface area contributed by atoms with Gasteiger partial charge in [-0.2, -0.15) is 0 Å². The van der Waals surface area contributed by atoms with Crippen molar-refractivity contribution in [1.29, 1.82) is 0 Å². The molecule has 1 amide bonds. The van der Waals surface area contributed by atoms with Crippen LogP contribution in [0.1, 0.15) is 53.6 Å². The zero-order chi connectivity index (χ0) is 20.9. The number of ether oxygens (including phenoxy) is 1. The lowest BCUT2D eigenvalue weighted by Crippen LogP contribution is -2.48. The zero-order valence-corrected chi connectivity index (χ0v) is 17.7. The Labute approximate surface area is 178 Å². The van der Waals surface area contributed by atoms with Crippen LogP contribution in [0.25, 0.3) is 0 Å². The molecule has 1 aliphatic carbocycles. The molecule has 1 unspecified atom stereocenters. The topological polar surface area (TPSA) is 58.6 Å². The lowest BCUT2D eigenvalue weighted by atomic mass is 10.0. The fraction of sp³-hybridized carbons (Fsp3) is 0.440. The van der Waals surface area contributed by atoms with Crippen LogP contribution in [0.5, 0.6) is 5.75 Å². The van der Waals surface area contributed by atoms with Crippen LogP contribution in [0.15, 0.2) is 42.5 Å². The van der Waals surface area contributed by atoms with E-state index in [-0.39, 0.29) is 30.6 Å². The van der Waals surface area contributed by atoms with E-state index in [1.165, 1.54) is 17.5 Å². The highest BCUT2D eigenvalue weighted by Crippen LogP contribution is 2.30. The van der Waals surface area contributed by atoms with Gasteiger partial charge >= 0.3 is 0 Å². The van der Waals surface area contributed by atoms with E-state index in [9.17, 15) is 9.59 Å². The molecule has 5 heteroatoms. The fourth-order valence-corrected chi connectivity index (χ4v) is 4.62. The standard InChI is InChI=1S/C25H30N2O3/c1-30-24-10-3-2-9-22(24)27-15-5-8-21(17-27)26-25(29)14-13-23(28)20-12-11-18-6-4-7-19(18)16-20/h2-3,9-12,16,21H,4-8,13-15,17H2,1H3,(H,26,29). The summed E-state index contributed by atoms with van der Waals surface area (Å²) in [7, 11) is 1.68. The highest BCUT2D eigenvalue weighted by Gasteiger charge is 2.23. The van der Waals surface area contributed by atoms with Crippen LogP contribution in [0.3, 0.4) is 0 Å². The quantitative estimate of drug-likeness (QED) is 0.708. The molecule has 0 spiro atoms. The van der Waals surface area contributed by atoms with Gasteiger partial charge in [-0.15, -0.1) is 0 Å². The second kappa shape index (κ2) is 9.33. The number of rotatable bonds is 7. The molecular formula is C25H30N2O3. The fourth-order valence-electron chi connectivity index (χ4n) is 4.62. The minimum atomic E-state index is -0.0450. The van der Waals surface area contributed by atoms with Gasteiger partial charge in [-0.25, -0.2) is 0 Å². The molecule has 1 N–H and O–H groups in total. The van der Waals surface area contributed by atoms with Crippen molar-refractivity contribution in [2.24, 2.45) is 0 Å². The summed E-state index contributed by atoms with van der Waals surface area (Å²) in [4.78, 5) is 27.3. The van der Waals surface area contributed by atoms with E-state index in [0.717, 1.165) is 55.8 Å². The van der Waals surface area contributed by atoms with E-state index in [0.29, 0.717) is 0 Å². The first kappa shape index (κ1) is 20.5. The van der Waals surface area contributed by atoms with Gasteiger partial charge in [-0.1, -0.05) is 24.3 Å². The van der Waals surface area contributed by atoms with E-state index in [1.54, 1.807) is 7.11 Å². The van der Waals surface area contributed by atoms with Gasteiger partial charge in [0.15, 0.2) is 5.78 Å². The maximum Gasteiger partial charge on any atom is 0.220 e. The van der Waals surface area contributed by atoms with Gasteiger partial charge in [0, 0.05) is 37.5 Å². The largest absolute Gasteiger partial charge is 0.495 e. The van der Waals surface area contributed by atoms with Crippen LogP contribution in [-0.2, 0) is 17.6 Å². The number of ketones is 1. The number of carbonyl (C=O) groups excluding carboxylic acids is 2. The van der Waals surface area contributed by atoms with E-state index >= 15 is 0 Å². The average Bonchev–Trinajstić information content (AvgIpc) is 3.25. The first-order chi connectivity index (χ1) is 14.6. The van der Waals surface area contributed by atoms with E-state index in [1.807, 2.05) is 30.3 Å². The van der Waals surface area contributed by atoms with Crippen molar-refractivity contribution < 1.29 is 14.3 Å². The van der Waals surface area contributed by atoms with Crippen molar-refractivity contribution in [2.75, 3.05) is 25.1 Å². The summed E-state index contributed by atoms with van der Waals surface area (Å²) < 4.78 is 5.48. The molecule has 30 heavy (non-hydrogen) atoms. The monoisotopic (exact) mass is 406 g/mol. The van der Waals surface area contributed by atoms with Gasteiger partial charge in [0.2, 0.25) is 5.91 Å². The number of methoxy groups -OCH3 is 1. The van der Waals surface area contributed by atoms with Gasteiger partial charge in [0.25, 0.3) is 0 Å². The summed E-state index contributed by atoms with van der Waals surface area (Å²) in [5.41, 5.74) is 4.46. The van der Waals surface area contributed by atoms with Crippen molar-refractivity contribution in [3.63, 3.8) is 0 Å². The molecule has 4 rings (SSSR count). The van der Waals surface area contributed by atoms with Crippen molar-refractivity contribution in [3.8, 4) is 5.75 Å². The predicted octanol–water partition coefficient (Wildman–Crippen LogP) is 3.93. The minimum absolute atomic E-state index is 0.0450. The Kier molecular flexibility index (Phi) is 6.36. The maximum absolute atomic E-state index is 12.5. The number of Topliss-reactive ketones (excluding diaryl/α,β-unsaturated/α-hetero) is 1. The van der Waals surface area contributed by atoms with Crippen molar-refractivity contribution in [1.82, 2.24) is 5.32 Å². The lowest BCUT2D eigenvalue weighted by Gasteiger charge is -2.35. The number of anilines is 1. The SMILES string of the molecule is COc1ccccc1N1CCCC(NC(=O)CCC(=O)c2ccc3c(c2)CCC3)C1. The summed E-state index contributed by atoms with van der Waals surface area (Å²) >= 11 is 0. The molecule has 1 saturated heterocycles. The Morgan fingerprint density at radius 1 is 1.07 bits per heavy atom. The Balaban J connectivity index is 1.29. The van der Waals surface area contributed by atoms with Gasteiger partial charge in [0.1, 0.15) is 5.75 Å². The number of nitrogens with one attached hydrogen (secondary N) is 1. The molecule has 0 saturated carbocycles. The van der Waals surface area contributed by atoms with Crippen LogP contribution in [0, 0.1) is 0 Å². The molecule has 1 heterocycles. The summed E-state index contributed by atoms with van der Waals surface area (Å²) in [5.74, 6) is 0.861. The van der Waals surface area contributed by atoms with Gasteiger partial charge < -0.3 is 15.0 Å². The number of piperidine rings is 1. The summed E-state index contributed by atoms with van der Waals surface area (Å²) in [5, 5.41) is 3.13. The van der Waals surface area contributed by atoms with E-state index in [4.69, 9.17) is 4.74 Å². The predicted molar refractivity (Wildman–Crippen MR) is 118 cm³/mol. The molecule has 2 aliphatic rings. The molecule has 2 aromatic rings. The van der Waals surface area contributed by atoms with Crippen molar-refractivity contribution in [3.05, 3.63) is 59.2 Å². The number of hydrogen-bond donors (Lipinski definition) is 1. The summed E-state index contributed by atoms with van der Waals surface area (Å²) in [6.07, 6.45) is 5.80. The summed E-state index contributed by atoms with van der Waals surface area (Å²) in [6.45, 7) is 1.70. The molecule has 0 radical (unpaired) electrons. The Morgan fingerprint density at radius 2 is 1.90 bits per heavy atom. The molecule has 5 nitrogen and oxygen atoms in total. The number of para-hydroxylation sites is 2. The van der Waals surface area contributed by atoms with Gasteiger partial charge in [-0.3, -0.25) is 9.59 Å². The first-order valence-corrected chi connectivity index (χ1v) is 11.0. The number of carbonyl (C=O) groups is 2. The first-order valence-electron chi connectivity index (χ1n) is 11.0. The second-order valence-corrected chi connectivity index (χ2v) is 8.28. The molecule has 1 aliphatic heterocycles. The number of benzene rings is 2. The Hall–Kier alpha value is -2.82. The number of aryl methyl sites for hydroxylation is 2. The number of fused-ring (bicyclic) bond motifs is 1. The maximum atomic E-state index is 12.5. The number of amides is 1. The molecule has 158 valence electrons. The van der Waals surface area contributed by atoms with Crippen LogP contribution in [0.2, 0.25) is 0 Å². The number of hydrogen-bond acceptors (Lipinski definition) is 4. The lowest BCUT2D eigenvalue weighted by molar-refractivity contribution is -0.121. The van der Waals surface area contributed by atoms with Crippen molar-refractivity contribution >= 4 is 17.4 Å².